The molecule has 0 aliphatic carbocycles. The van der Waals surface area contributed by atoms with Crippen LogP contribution >= 0.6 is 0 Å². The molecule has 0 fully saturated rings. The highest BCUT2D eigenvalue weighted by atomic mass is 19.4. The maximum atomic E-state index is 13.4. The number of aryl methyl sites for hydroxylation is 1. The van der Waals surface area contributed by atoms with Gasteiger partial charge in [-0.25, -0.2) is 9.97 Å². The monoisotopic (exact) mass is 504 g/mol. The summed E-state index contributed by atoms with van der Waals surface area (Å²) in [4.78, 5) is 25.6. The maximum Gasteiger partial charge on any atom is 0.408 e. The third-order valence-corrected chi connectivity index (χ3v) is 6.13. The first kappa shape index (κ1) is 25.6. The fourth-order valence-electron chi connectivity index (χ4n) is 4.43. The number of hydrogen-bond donors (Lipinski definition) is 1. The molecule has 0 spiro atoms. The van der Waals surface area contributed by atoms with Crippen molar-refractivity contribution in [2.45, 2.75) is 45.3 Å². The summed E-state index contributed by atoms with van der Waals surface area (Å²) in [5.41, 5.74) is 2.40. The number of aromatic nitrogens is 4. The minimum absolute atomic E-state index is 0.246. The Balaban J connectivity index is 1.77. The van der Waals surface area contributed by atoms with E-state index in [1.54, 1.807) is 58.1 Å². The SMILES string of the molecule is COc1ncc(-c2cc(C)c3c(n2)C(C)(C)N(c2cnn(CC(F)(F)F)c2)C3=O)cc1C(O)N(C)C. The van der Waals surface area contributed by atoms with Crippen LogP contribution in [0.2, 0.25) is 0 Å². The summed E-state index contributed by atoms with van der Waals surface area (Å²) >= 11 is 0. The van der Waals surface area contributed by atoms with Crippen LogP contribution in [0.5, 0.6) is 5.88 Å². The molecule has 1 N–H and O–H groups in total. The predicted octanol–water partition coefficient (Wildman–Crippen LogP) is 3.67. The normalized spacial score (nSPS) is 16.0. The minimum atomic E-state index is -4.44. The van der Waals surface area contributed by atoms with Gasteiger partial charge in [0, 0.05) is 18.0 Å². The smallest absolute Gasteiger partial charge is 0.408 e. The summed E-state index contributed by atoms with van der Waals surface area (Å²) in [6, 6.07) is 3.48. The molecular weight excluding hydrogens is 477 g/mol. The number of carbonyl (C=O) groups is 1. The number of alkyl halides is 3. The van der Waals surface area contributed by atoms with Crippen LogP contribution in [0.1, 0.15) is 47.3 Å². The number of carbonyl (C=O) groups excluding carboxylic acids is 1. The number of methoxy groups -OCH3 is 1. The minimum Gasteiger partial charge on any atom is -0.481 e. The lowest BCUT2D eigenvalue weighted by Gasteiger charge is -2.30. The highest BCUT2D eigenvalue weighted by Gasteiger charge is 2.47. The van der Waals surface area contributed by atoms with Crippen molar-refractivity contribution in [1.29, 1.82) is 0 Å². The van der Waals surface area contributed by atoms with E-state index in [4.69, 9.17) is 9.72 Å². The Hall–Kier alpha value is -3.51. The van der Waals surface area contributed by atoms with Gasteiger partial charge in [0.15, 0.2) is 0 Å². The lowest BCUT2D eigenvalue weighted by atomic mass is 9.96. The Bertz CT molecular complexity index is 1320. The zero-order valence-electron chi connectivity index (χ0n) is 20.8. The first-order valence-electron chi connectivity index (χ1n) is 11.1. The fourth-order valence-corrected chi connectivity index (χ4v) is 4.43. The number of aliphatic hydroxyl groups is 1. The van der Waals surface area contributed by atoms with Crippen molar-refractivity contribution in [2.24, 2.45) is 0 Å². The second-order valence-corrected chi connectivity index (χ2v) is 9.42. The lowest BCUT2D eigenvalue weighted by Crippen LogP contribution is -2.39. The van der Waals surface area contributed by atoms with Crippen molar-refractivity contribution in [1.82, 2.24) is 24.6 Å². The number of fused-ring (bicyclic) bond motifs is 1. The molecule has 4 rings (SSSR count). The summed E-state index contributed by atoms with van der Waals surface area (Å²) < 4.78 is 44.5. The van der Waals surface area contributed by atoms with Gasteiger partial charge in [0.2, 0.25) is 5.88 Å². The Kier molecular flexibility index (Phi) is 6.29. The molecule has 4 heterocycles. The molecule has 12 heteroatoms. The van der Waals surface area contributed by atoms with Crippen molar-refractivity contribution in [3.05, 3.63) is 53.1 Å². The summed E-state index contributed by atoms with van der Waals surface area (Å²) in [6.07, 6.45) is -1.38. The third-order valence-electron chi connectivity index (χ3n) is 6.13. The summed E-state index contributed by atoms with van der Waals surface area (Å²) in [6.45, 7) is 4.08. The van der Waals surface area contributed by atoms with Crippen LogP contribution in [-0.4, -0.2) is 63.0 Å². The van der Waals surface area contributed by atoms with E-state index in [1.807, 2.05) is 0 Å². The predicted molar refractivity (Wildman–Crippen MR) is 126 cm³/mol. The molecule has 0 saturated carbocycles. The Morgan fingerprint density at radius 3 is 2.53 bits per heavy atom. The second kappa shape index (κ2) is 8.86. The average Bonchev–Trinajstić information content (AvgIpc) is 3.30. The van der Waals surface area contributed by atoms with Gasteiger partial charge in [0.05, 0.1) is 47.0 Å². The summed E-state index contributed by atoms with van der Waals surface area (Å²) in [5, 5.41) is 14.4. The third kappa shape index (κ3) is 4.42. The van der Waals surface area contributed by atoms with Crippen molar-refractivity contribution < 1.29 is 27.8 Å². The summed E-state index contributed by atoms with van der Waals surface area (Å²) in [7, 11) is 4.90. The van der Waals surface area contributed by atoms with E-state index in [9.17, 15) is 23.1 Å². The second-order valence-electron chi connectivity index (χ2n) is 9.42. The molecule has 3 aromatic heterocycles. The van der Waals surface area contributed by atoms with E-state index >= 15 is 0 Å². The molecule has 9 nitrogen and oxygen atoms in total. The number of aliphatic hydroxyl groups excluding tert-OH is 1. The number of ether oxygens (including phenoxy) is 1. The van der Waals surface area contributed by atoms with E-state index in [0.29, 0.717) is 33.6 Å². The zero-order chi connectivity index (χ0) is 26.6. The Labute approximate surface area is 206 Å². The van der Waals surface area contributed by atoms with Crippen LogP contribution in [0.4, 0.5) is 18.9 Å². The van der Waals surface area contributed by atoms with Crippen LogP contribution < -0.4 is 9.64 Å². The highest BCUT2D eigenvalue weighted by molar-refractivity contribution is 6.12. The van der Waals surface area contributed by atoms with Crippen molar-refractivity contribution in [3.63, 3.8) is 0 Å². The molecule has 0 radical (unpaired) electrons. The van der Waals surface area contributed by atoms with Crippen LogP contribution in [0, 0.1) is 6.92 Å². The van der Waals surface area contributed by atoms with Crippen LogP contribution in [0.15, 0.2) is 30.7 Å². The van der Waals surface area contributed by atoms with E-state index in [-0.39, 0.29) is 17.5 Å². The van der Waals surface area contributed by atoms with Gasteiger partial charge in [-0.1, -0.05) is 0 Å². The van der Waals surface area contributed by atoms with E-state index in [0.717, 1.165) is 4.68 Å². The molecular formula is C24H27F3N6O3. The zero-order valence-corrected chi connectivity index (χ0v) is 20.8. The number of amides is 1. The number of halogens is 3. The Morgan fingerprint density at radius 2 is 1.92 bits per heavy atom. The first-order chi connectivity index (χ1) is 16.7. The van der Waals surface area contributed by atoms with Crippen molar-refractivity contribution in [3.8, 4) is 17.1 Å². The molecule has 1 atom stereocenters. The molecule has 0 aromatic carbocycles. The van der Waals surface area contributed by atoms with Gasteiger partial charge in [-0.2, -0.15) is 18.3 Å². The maximum absolute atomic E-state index is 13.4. The Morgan fingerprint density at radius 1 is 1.22 bits per heavy atom. The quantitative estimate of drug-likeness (QED) is 0.512. The van der Waals surface area contributed by atoms with Gasteiger partial charge in [-0.3, -0.25) is 19.3 Å². The van der Waals surface area contributed by atoms with E-state index in [2.05, 4.69) is 10.1 Å². The van der Waals surface area contributed by atoms with Crippen LogP contribution in [0.3, 0.4) is 0 Å². The lowest BCUT2D eigenvalue weighted by molar-refractivity contribution is -0.142. The van der Waals surface area contributed by atoms with Gasteiger partial charge in [0.25, 0.3) is 5.91 Å². The number of nitrogens with zero attached hydrogens (tertiary/aromatic N) is 6. The molecule has 1 aliphatic rings. The topological polar surface area (TPSA) is 96.6 Å². The standard InChI is InChI=1S/C24H27F3N6O3/c1-13-7-17(14-8-16(21(34)31(4)5)20(36-6)28-9-14)30-19-18(13)22(35)33(23(19,2)3)15-10-29-32(11-15)12-24(25,26)27/h7-11,21,34H,12H2,1-6H3. The van der Waals surface area contributed by atoms with Gasteiger partial charge in [-0.15, -0.1) is 0 Å². The largest absolute Gasteiger partial charge is 0.481 e. The van der Waals surface area contributed by atoms with E-state index < -0.39 is 24.5 Å². The van der Waals surface area contributed by atoms with Gasteiger partial charge in [0.1, 0.15) is 12.8 Å². The number of rotatable bonds is 6. The van der Waals surface area contributed by atoms with Crippen molar-refractivity contribution >= 4 is 11.6 Å². The molecule has 0 saturated heterocycles. The first-order valence-corrected chi connectivity index (χ1v) is 11.1. The van der Waals surface area contributed by atoms with Gasteiger partial charge >= 0.3 is 6.18 Å². The molecule has 192 valence electrons. The molecule has 0 bridgehead atoms. The summed E-state index contributed by atoms with van der Waals surface area (Å²) in [5.74, 6) is -0.0925. The average molecular weight is 505 g/mol. The van der Waals surface area contributed by atoms with Crippen LogP contribution in [-0.2, 0) is 12.1 Å². The number of pyridine rings is 2. The van der Waals surface area contributed by atoms with E-state index in [1.165, 1.54) is 24.4 Å². The highest BCUT2D eigenvalue weighted by Crippen LogP contribution is 2.43. The molecule has 1 aliphatic heterocycles. The van der Waals surface area contributed by atoms with Gasteiger partial charge < -0.3 is 9.84 Å². The van der Waals surface area contributed by atoms with Gasteiger partial charge in [-0.05, 0) is 52.6 Å². The fraction of sp³-hybridized carbons (Fsp3) is 0.417. The molecule has 1 unspecified atom stereocenters. The molecule has 3 aromatic rings. The number of anilines is 1. The molecule has 36 heavy (non-hydrogen) atoms. The number of hydrogen-bond acceptors (Lipinski definition) is 7. The van der Waals surface area contributed by atoms with Crippen LogP contribution in [0.25, 0.3) is 11.3 Å². The molecule has 1 amide bonds. The van der Waals surface area contributed by atoms with Crippen molar-refractivity contribution in [2.75, 3.05) is 26.1 Å².